The van der Waals surface area contributed by atoms with Gasteiger partial charge in [0.25, 0.3) is 0 Å². The van der Waals surface area contributed by atoms with Gasteiger partial charge in [-0.3, -0.25) is 4.98 Å². The van der Waals surface area contributed by atoms with Gasteiger partial charge in [0.15, 0.2) is 0 Å². The third-order valence-electron chi connectivity index (χ3n) is 1.48. The van der Waals surface area contributed by atoms with Crippen molar-refractivity contribution in [1.82, 2.24) is 4.98 Å². The zero-order valence-corrected chi connectivity index (χ0v) is 6.26. The van der Waals surface area contributed by atoms with Crippen LogP contribution < -0.4 is 0 Å². The van der Waals surface area contributed by atoms with Gasteiger partial charge < -0.3 is 5.11 Å². The molecule has 54 valence electrons. The second kappa shape index (κ2) is 2.69. The number of aryl methyl sites for hydroxylation is 2. The smallest absolute Gasteiger partial charge is 0.137 e. The van der Waals surface area contributed by atoms with Gasteiger partial charge in [-0.1, -0.05) is 6.92 Å². The molecule has 0 bridgehead atoms. The molecule has 0 amide bonds. The molecule has 1 aromatic rings. The first-order valence-corrected chi connectivity index (χ1v) is 3.38. The van der Waals surface area contributed by atoms with Crippen molar-refractivity contribution in [3.8, 4) is 5.75 Å². The predicted molar refractivity (Wildman–Crippen MR) is 40.0 cm³/mol. The van der Waals surface area contributed by atoms with Crippen LogP contribution in [0.15, 0.2) is 12.3 Å². The van der Waals surface area contributed by atoms with Crippen LogP contribution in [0, 0.1) is 6.92 Å². The summed E-state index contributed by atoms with van der Waals surface area (Å²) in [7, 11) is 0. The van der Waals surface area contributed by atoms with Crippen LogP contribution in [0.4, 0.5) is 0 Å². The molecule has 0 saturated heterocycles. The van der Waals surface area contributed by atoms with E-state index in [4.69, 9.17) is 0 Å². The van der Waals surface area contributed by atoms with E-state index >= 15 is 0 Å². The normalized spacial score (nSPS) is 9.80. The maximum atomic E-state index is 9.17. The van der Waals surface area contributed by atoms with E-state index in [0.717, 1.165) is 17.7 Å². The molecule has 1 N–H and O–H groups in total. The lowest BCUT2D eigenvalue weighted by molar-refractivity contribution is 0.465. The van der Waals surface area contributed by atoms with E-state index in [9.17, 15) is 5.11 Å². The maximum Gasteiger partial charge on any atom is 0.137 e. The minimum atomic E-state index is 0.299. The van der Waals surface area contributed by atoms with Crippen molar-refractivity contribution in [3.05, 3.63) is 23.5 Å². The summed E-state index contributed by atoms with van der Waals surface area (Å²) >= 11 is 0. The van der Waals surface area contributed by atoms with Gasteiger partial charge in [0.1, 0.15) is 5.75 Å². The fourth-order valence-corrected chi connectivity index (χ4v) is 0.892. The first kappa shape index (κ1) is 7.06. The SMILES string of the molecule is CCc1cc(C)ncc1O. The first-order chi connectivity index (χ1) is 4.74. The van der Waals surface area contributed by atoms with Gasteiger partial charge in [-0.25, -0.2) is 0 Å². The lowest BCUT2D eigenvalue weighted by Crippen LogP contribution is -1.85. The first-order valence-electron chi connectivity index (χ1n) is 3.38. The molecule has 0 aliphatic heterocycles. The van der Waals surface area contributed by atoms with E-state index in [0.29, 0.717) is 5.75 Å². The van der Waals surface area contributed by atoms with Gasteiger partial charge in [0, 0.05) is 5.69 Å². The van der Waals surface area contributed by atoms with Crippen molar-refractivity contribution in [1.29, 1.82) is 0 Å². The van der Waals surface area contributed by atoms with Crippen molar-refractivity contribution in [3.63, 3.8) is 0 Å². The Labute approximate surface area is 60.5 Å². The molecule has 0 saturated carbocycles. The highest BCUT2D eigenvalue weighted by atomic mass is 16.3. The molecule has 10 heavy (non-hydrogen) atoms. The van der Waals surface area contributed by atoms with E-state index in [1.165, 1.54) is 6.20 Å². The second-order valence-electron chi connectivity index (χ2n) is 2.31. The van der Waals surface area contributed by atoms with Crippen molar-refractivity contribution in [2.75, 3.05) is 0 Å². The molecule has 1 heterocycles. The summed E-state index contributed by atoms with van der Waals surface area (Å²) in [6, 6.07) is 1.90. The Hall–Kier alpha value is -1.05. The van der Waals surface area contributed by atoms with Crippen LogP contribution in [0.1, 0.15) is 18.2 Å². The Kier molecular flexibility index (Phi) is 1.90. The number of nitrogens with zero attached hydrogens (tertiary/aromatic N) is 1. The van der Waals surface area contributed by atoms with Crippen molar-refractivity contribution in [2.45, 2.75) is 20.3 Å². The number of aromatic nitrogens is 1. The molecule has 1 rings (SSSR count). The topological polar surface area (TPSA) is 33.1 Å². The van der Waals surface area contributed by atoms with E-state index in [1.54, 1.807) is 0 Å². The van der Waals surface area contributed by atoms with Gasteiger partial charge in [0.05, 0.1) is 6.20 Å². The lowest BCUT2D eigenvalue weighted by atomic mass is 10.2. The molecule has 0 radical (unpaired) electrons. The third-order valence-corrected chi connectivity index (χ3v) is 1.48. The average molecular weight is 137 g/mol. The maximum absolute atomic E-state index is 9.17. The van der Waals surface area contributed by atoms with E-state index < -0.39 is 0 Å². The molecule has 2 nitrogen and oxygen atoms in total. The van der Waals surface area contributed by atoms with Crippen LogP contribution >= 0.6 is 0 Å². The summed E-state index contributed by atoms with van der Waals surface area (Å²) in [4.78, 5) is 3.94. The summed E-state index contributed by atoms with van der Waals surface area (Å²) in [6.45, 7) is 3.92. The molecule has 2 heteroatoms. The van der Waals surface area contributed by atoms with E-state index in [-0.39, 0.29) is 0 Å². The third kappa shape index (κ3) is 1.26. The van der Waals surface area contributed by atoms with Crippen LogP contribution in [-0.2, 0) is 6.42 Å². The zero-order chi connectivity index (χ0) is 7.56. The average Bonchev–Trinajstić information content (AvgIpc) is 1.94. The van der Waals surface area contributed by atoms with Gasteiger partial charge in [0.2, 0.25) is 0 Å². The van der Waals surface area contributed by atoms with Crippen LogP contribution in [-0.4, -0.2) is 10.1 Å². The summed E-state index contributed by atoms with van der Waals surface area (Å²) < 4.78 is 0. The summed E-state index contributed by atoms with van der Waals surface area (Å²) in [5.74, 6) is 0.299. The van der Waals surface area contributed by atoms with Crippen LogP contribution in [0.5, 0.6) is 5.75 Å². The number of hydrogen-bond donors (Lipinski definition) is 1. The molecular formula is C8H11NO. The highest BCUT2D eigenvalue weighted by Gasteiger charge is 1.97. The lowest BCUT2D eigenvalue weighted by Gasteiger charge is -2.00. The molecule has 0 aliphatic carbocycles. The van der Waals surface area contributed by atoms with Crippen LogP contribution in [0.3, 0.4) is 0 Å². The second-order valence-corrected chi connectivity index (χ2v) is 2.31. The minimum absolute atomic E-state index is 0.299. The Morgan fingerprint density at radius 1 is 1.60 bits per heavy atom. The van der Waals surface area contributed by atoms with E-state index in [2.05, 4.69) is 4.98 Å². The Balaban J connectivity index is 3.09. The fourth-order valence-electron chi connectivity index (χ4n) is 0.892. The summed E-state index contributed by atoms with van der Waals surface area (Å²) in [5, 5.41) is 9.17. The molecule has 0 aromatic carbocycles. The number of aromatic hydroxyl groups is 1. The van der Waals surface area contributed by atoms with Crippen molar-refractivity contribution >= 4 is 0 Å². The number of rotatable bonds is 1. The monoisotopic (exact) mass is 137 g/mol. The summed E-state index contributed by atoms with van der Waals surface area (Å²) in [5.41, 5.74) is 1.92. The largest absolute Gasteiger partial charge is 0.506 e. The highest BCUT2D eigenvalue weighted by molar-refractivity contribution is 5.30. The van der Waals surface area contributed by atoms with Gasteiger partial charge in [-0.05, 0) is 25.0 Å². The highest BCUT2D eigenvalue weighted by Crippen LogP contribution is 2.15. The summed E-state index contributed by atoms with van der Waals surface area (Å²) in [6.07, 6.45) is 2.35. The number of hydrogen-bond acceptors (Lipinski definition) is 2. The van der Waals surface area contributed by atoms with Gasteiger partial charge >= 0.3 is 0 Å². The number of pyridine rings is 1. The standard InChI is InChI=1S/C8H11NO/c1-3-7-4-6(2)9-5-8(7)10/h4-5,10H,3H2,1-2H3. The van der Waals surface area contributed by atoms with Gasteiger partial charge in [-0.15, -0.1) is 0 Å². The molecule has 1 aromatic heterocycles. The molecule has 0 aliphatic rings. The predicted octanol–water partition coefficient (Wildman–Crippen LogP) is 1.66. The van der Waals surface area contributed by atoms with Crippen LogP contribution in [0.25, 0.3) is 0 Å². The van der Waals surface area contributed by atoms with Crippen molar-refractivity contribution in [2.24, 2.45) is 0 Å². The van der Waals surface area contributed by atoms with E-state index in [1.807, 2.05) is 19.9 Å². The Bertz CT molecular complexity index is 233. The Morgan fingerprint density at radius 2 is 2.30 bits per heavy atom. The Morgan fingerprint density at radius 3 is 2.80 bits per heavy atom. The molecule has 0 atom stereocenters. The molecule has 0 spiro atoms. The molecular weight excluding hydrogens is 126 g/mol. The molecule has 0 unspecified atom stereocenters. The van der Waals surface area contributed by atoms with Gasteiger partial charge in [-0.2, -0.15) is 0 Å². The quantitative estimate of drug-likeness (QED) is 0.638. The molecule has 0 fully saturated rings. The minimum Gasteiger partial charge on any atom is -0.506 e. The van der Waals surface area contributed by atoms with Crippen LogP contribution in [0.2, 0.25) is 0 Å². The zero-order valence-electron chi connectivity index (χ0n) is 6.26. The fraction of sp³-hybridized carbons (Fsp3) is 0.375. The van der Waals surface area contributed by atoms with Crippen molar-refractivity contribution < 1.29 is 5.11 Å².